The molecule has 7 heteroatoms. The van der Waals surface area contributed by atoms with E-state index in [1.807, 2.05) is 0 Å². The van der Waals surface area contributed by atoms with Gasteiger partial charge in [0, 0.05) is 6.20 Å². The zero-order chi connectivity index (χ0) is 12.7. The van der Waals surface area contributed by atoms with E-state index in [-0.39, 0.29) is 5.65 Å². The summed E-state index contributed by atoms with van der Waals surface area (Å²) in [5, 5.41) is 8.97. The molecule has 0 aromatic carbocycles. The molecule has 0 amide bonds. The van der Waals surface area contributed by atoms with Gasteiger partial charge in [-0.3, -0.25) is 4.40 Å². The van der Waals surface area contributed by atoms with Gasteiger partial charge in [0.2, 0.25) is 0 Å². The van der Waals surface area contributed by atoms with Crippen LogP contribution in [0.4, 0.5) is 8.78 Å². The van der Waals surface area contributed by atoms with E-state index in [0.29, 0.717) is 4.47 Å². The SMILES string of the molecule is Cc1cc(Br)c2nc(C(F)F)c(C(=O)O)n2c1. The van der Waals surface area contributed by atoms with Crippen molar-refractivity contribution in [3.63, 3.8) is 0 Å². The Labute approximate surface area is 103 Å². The number of nitrogens with zero attached hydrogens (tertiary/aromatic N) is 2. The minimum atomic E-state index is -2.92. The third kappa shape index (κ3) is 1.90. The Morgan fingerprint density at radius 3 is 2.76 bits per heavy atom. The number of aromatic nitrogens is 2. The second kappa shape index (κ2) is 4.06. The van der Waals surface area contributed by atoms with Crippen molar-refractivity contribution in [1.82, 2.24) is 9.38 Å². The number of carboxylic acids is 1. The molecule has 0 bridgehead atoms. The third-order valence-electron chi connectivity index (χ3n) is 2.25. The maximum Gasteiger partial charge on any atom is 0.355 e. The van der Waals surface area contributed by atoms with E-state index < -0.39 is 23.8 Å². The number of rotatable bonds is 2. The van der Waals surface area contributed by atoms with Crippen LogP contribution in [0.25, 0.3) is 5.65 Å². The van der Waals surface area contributed by atoms with E-state index in [1.165, 1.54) is 6.20 Å². The molecule has 0 saturated carbocycles. The van der Waals surface area contributed by atoms with Crippen molar-refractivity contribution >= 4 is 27.5 Å². The molecule has 0 aliphatic heterocycles. The zero-order valence-electron chi connectivity index (χ0n) is 8.62. The lowest BCUT2D eigenvalue weighted by molar-refractivity contribution is 0.0675. The predicted molar refractivity (Wildman–Crippen MR) is 59.5 cm³/mol. The number of aryl methyl sites for hydroxylation is 1. The molecule has 0 fully saturated rings. The van der Waals surface area contributed by atoms with Crippen molar-refractivity contribution in [3.05, 3.63) is 33.7 Å². The van der Waals surface area contributed by atoms with Crippen LogP contribution in [0.15, 0.2) is 16.7 Å². The van der Waals surface area contributed by atoms with Crippen LogP contribution in [-0.4, -0.2) is 20.5 Å². The minimum Gasteiger partial charge on any atom is -0.476 e. The van der Waals surface area contributed by atoms with Gasteiger partial charge in [0.25, 0.3) is 6.43 Å². The number of imidazole rings is 1. The van der Waals surface area contributed by atoms with Gasteiger partial charge in [-0.1, -0.05) is 0 Å². The standard InChI is InChI=1S/C10H7BrF2N2O2/c1-4-2-5(11)9-14-6(8(12)13)7(10(16)17)15(9)3-4/h2-3,8H,1H3,(H,16,17). The van der Waals surface area contributed by atoms with Gasteiger partial charge in [0.15, 0.2) is 11.3 Å². The molecule has 4 nitrogen and oxygen atoms in total. The van der Waals surface area contributed by atoms with Gasteiger partial charge < -0.3 is 5.11 Å². The number of fused-ring (bicyclic) bond motifs is 1. The van der Waals surface area contributed by atoms with E-state index in [9.17, 15) is 13.6 Å². The number of carbonyl (C=O) groups is 1. The summed E-state index contributed by atoms with van der Waals surface area (Å²) in [7, 11) is 0. The van der Waals surface area contributed by atoms with Crippen molar-refractivity contribution in [1.29, 1.82) is 0 Å². The number of halogens is 3. The maximum absolute atomic E-state index is 12.7. The smallest absolute Gasteiger partial charge is 0.355 e. The highest BCUT2D eigenvalue weighted by molar-refractivity contribution is 9.10. The van der Waals surface area contributed by atoms with Gasteiger partial charge in [0.1, 0.15) is 5.69 Å². The molecule has 17 heavy (non-hydrogen) atoms. The zero-order valence-corrected chi connectivity index (χ0v) is 10.2. The van der Waals surface area contributed by atoms with Crippen LogP contribution in [0, 0.1) is 6.92 Å². The Kier molecular flexibility index (Phi) is 2.86. The first-order valence-electron chi connectivity index (χ1n) is 4.61. The summed E-state index contributed by atoms with van der Waals surface area (Å²) >= 11 is 3.17. The predicted octanol–water partition coefficient (Wildman–Crippen LogP) is 3.04. The molecule has 0 aliphatic carbocycles. The first-order chi connectivity index (χ1) is 7.91. The van der Waals surface area contributed by atoms with Crippen LogP contribution in [0.2, 0.25) is 0 Å². The molecule has 2 heterocycles. The number of hydrogen-bond acceptors (Lipinski definition) is 2. The lowest BCUT2D eigenvalue weighted by Crippen LogP contribution is -2.06. The van der Waals surface area contributed by atoms with E-state index in [0.717, 1.165) is 9.96 Å². The van der Waals surface area contributed by atoms with Gasteiger partial charge >= 0.3 is 5.97 Å². The van der Waals surface area contributed by atoms with Gasteiger partial charge in [-0.15, -0.1) is 0 Å². The molecule has 0 spiro atoms. The fraction of sp³-hybridized carbons (Fsp3) is 0.200. The van der Waals surface area contributed by atoms with Crippen LogP contribution in [-0.2, 0) is 0 Å². The van der Waals surface area contributed by atoms with Crippen LogP contribution in [0.5, 0.6) is 0 Å². The van der Waals surface area contributed by atoms with Crippen LogP contribution in [0.3, 0.4) is 0 Å². The van der Waals surface area contributed by atoms with Gasteiger partial charge in [-0.25, -0.2) is 18.6 Å². The lowest BCUT2D eigenvalue weighted by atomic mass is 10.3. The monoisotopic (exact) mass is 304 g/mol. The molecule has 0 atom stereocenters. The summed E-state index contributed by atoms with van der Waals surface area (Å²) in [6.45, 7) is 1.73. The van der Waals surface area contributed by atoms with E-state index >= 15 is 0 Å². The number of carboxylic acid groups (broad SMARTS) is 1. The van der Waals surface area contributed by atoms with Crippen molar-refractivity contribution in [2.45, 2.75) is 13.3 Å². The highest BCUT2D eigenvalue weighted by atomic mass is 79.9. The molecule has 90 valence electrons. The second-order valence-electron chi connectivity index (χ2n) is 3.51. The Balaban J connectivity index is 2.90. The minimum absolute atomic E-state index is 0.170. The summed E-state index contributed by atoms with van der Waals surface area (Å²) in [6.07, 6.45) is -1.46. The maximum atomic E-state index is 12.7. The molecule has 0 radical (unpaired) electrons. The van der Waals surface area contributed by atoms with E-state index in [2.05, 4.69) is 20.9 Å². The molecular weight excluding hydrogens is 298 g/mol. The number of aromatic carboxylic acids is 1. The number of hydrogen-bond donors (Lipinski definition) is 1. The molecule has 0 unspecified atom stereocenters. The Morgan fingerprint density at radius 1 is 1.59 bits per heavy atom. The van der Waals surface area contributed by atoms with Crippen molar-refractivity contribution < 1.29 is 18.7 Å². The van der Waals surface area contributed by atoms with Crippen molar-refractivity contribution in [3.8, 4) is 0 Å². The first-order valence-corrected chi connectivity index (χ1v) is 5.40. The summed E-state index contributed by atoms with van der Waals surface area (Å²) in [5.41, 5.74) is -0.309. The number of pyridine rings is 1. The highest BCUT2D eigenvalue weighted by Gasteiger charge is 2.25. The van der Waals surface area contributed by atoms with E-state index in [4.69, 9.17) is 5.11 Å². The lowest BCUT2D eigenvalue weighted by Gasteiger charge is -2.01. The molecular formula is C10H7BrF2N2O2. The van der Waals surface area contributed by atoms with Crippen molar-refractivity contribution in [2.24, 2.45) is 0 Å². The number of alkyl halides is 2. The second-order valence-corrected chi connectivity index (χ2v) is 4.36. The quantitative estimate of drug-likeness (QED) is 0.928. The Hall–Kier alpha value is -1.50. The fourth-order valence-electron chi connectivity index (χ4n) is 1.61. The van der Waals surface area contributed by atoms with Gasteiger partial charge in [0.05, 0.1) is 4.47 Å². The van der Waals surface area contributed by atoms with Gasteiger partial charge in [-0.2, -0.15) is 0 Å². The Morgan fingerprint density at radius 2 is 2.24 bits per heavy atom. The molecule has 2 aromatic rings. The Bertz CT molecular complexity index is 610. The third-order valence-corrected chi connectivity index (χ3v) is 2.83. The summed E-state index contributed by atoms with van der Waals surface area (Å²) < 4.78 is 27.0. The topological polar surface area (TPSA) is 54.6 Å². The van der Waals surface area contributed by atoms with Crippen molar-refractivity contribution in [2.75, 3.05) is 0 Å². The molecule has 1 N–H and O–H groups in total. The summed E-state index contributed by atoms with van der Waals surface area (Å²) in [5.74, 6) is -1.43. The molecule has 2 rings (SSSR count). The average molecular weight is 305 g/mol. The van der Waals surface area contributed by atoms with E-state index in [1.54, 1.807) is 13.0 Å². The average Bonchev–Trinajstić information content (AvgIpc) is 2.56. The van der Waals surface area contributed by atoms with Crippen LogP contribution in [0.1, 0.15) is 28.2 Å². The first kappa shape index (κ1) is 12.0. The van der Waals surface area contributed by atoms with Crippen LogP contribution < -0.4 is 0 Å². The highest BCUT2D eigenvalue weighted by Crippen LogP contribution is 2.27. The van der Waals surface area contributed by atoms with Crippen LogP contribution >= 0.6 is 15.9 Å². The molecule has 0 saturated heterocycles. The molecule has 0 aliphatic rings. The normalized spacial score (nSPS) is 11.4. The molecule has 2 aromatic heterocycles. The fourth-order valence-corrected chi connectivity index (χ4v) is 2.26. The largest absolute Gasteiger partial charge is 0.476 e. The summed E-state index contributed by atoms with van der Waals surface area (Å²) in [4.78, 5) is 14.7. The summed E-state index contributed by atoms with van der Waals surface area (Å²) in [6, 6.07) is 1.68. The van der Waals surface area contributed by atoms with Gasteiger partial charge in [-0.05, 0) is 34.5 Å².